The molecular weight excluding hydrogens is 1250 g/mol. The van der Waals surface area contributed by atoms with Crippen LogP contribution in [0.15, 0.2) is 97.1 Å². The van der Waals surface area contributed by atoms with E-state index in [1.165, 1.54) is 64.6 Å². The van der Waals surface area contributed by atoms with Crippen LogP contribution < -0.4 is 52.2 Å². The molecule has 0 nitrogen and oxygen atoms in total. The summed E-state index contributed by atoms with van der Waals surface area (Å²) in [7, 11) is 0. The monoisotopic (exact) mass is 1290 g/mol. The second kappa shape index (κ2) is 22.9. The fourth-order valence-electron chi connectivity index (χ4n) is 11.7. The SMILES string of the molecule is C[C-]=c1c(=[C-]C)c2cc3c(=[C-]C)c(=[C-]C)c4cc5c(=[C-]C)c(=[C-]C)c6cc7c(=[C-]C)c(=[C-]C)c8cc9c(=[C-]C)c(=[C-]C)c%10ccccc%10c9cc8c7cc6c5cc4c3cc2c2ccccc12.[Zr+2].[Zr+2].[Zr+2].[Zr+2].[Zr+2]. The topological polar surface area (TPSA) is 0 Å². The van der Waals surface area contributed by atoms with E-state index in [0.717, 1.165) is 95.3 Å². The minimum absolute atomic E-state index is 0. The molecule has 71 heavy (non-hydrogen) atoms. The zero-order chi connectivity index (χ0) is 45.7. The maximum Gasteiger partial charge on any atom is 2.00 e. The number of benzene rings is 11. The van der Waals surface area contributed by atoms with E-state index in [1.807, 2.05) is 69.2 Å². The molecule has 0 N–H and O–H groups in total. The van der Waals surface area contributed by atoms with Gasteiger partial charge >= 0.3 is 131 Å². The molecule has 0 radical (unpaired) electrons. The first-order valence-corrected chi connectivity index (χ1v) is 22.8. The quantitative estimate of drug-likeness (QED) is 0.0807. The third-order valence-corrected chi connectivity index (χ3v) is 14.4. The zero-order valence-corrected chi connectivity index (χ0v) is 54.0. The van der Waals surface area contributed by atoms with Crippen molar-refractivity contribution in [3.8, 4) is 0 Å². The third-order valence-electron chi connectivity index (χ3n) is 14.4. The summed E-state index contributed by atoms with van der Waals surface area (Å²) in [6.07, 6.45) is 36.0. The van der Waals surface area contributed by atoms with E-state index in [1.54, 1.807) is 0 Å². The minimum Gasteiger partial charge on any atom is -0.295 e. The average Bonchev–Trinajstić information content (AvgIpc) is 3.36. The molecule has 11 rings (SSSR count). The summed E-state index contributed by atoms with van der Waals surface area (Å²) in [4.78, 5) is 0. The van der Waals surface area contributed by atoms with E-state index in [-0.39, 0.29) is 131 Å². The van der Waals surface area contributed by atoms with Gasteiger partial charge in [0.1, 0.15) is 0 Å². The van der Waals surface area contributed by atoms with Crippen LogP contribution in [0.4, 0.5) is 0 Å². The molecule has 330 valence electrons. The summed E-state index contributed by atoms with van der Waals surface area (Å²) in [5, 5.41) is 34.1. The molecule has 0 aliphatic rings. The Morgan fingerprint density at radius 1 is 0.169 bits per heavy atom. The van der Waals surface area contributed by atoms with Gasteiger partial charge in [-0.3, -0.25) is 113 Å². The largest absolute Gasteiger partial charge is 2.00 e. The Morgan fingerprint density at radius 3 is 0.465 bits per heavy atom. The van der Waals surface area contributed by atoms with Crippen molar-refractivity contribution in [2.24, 2.45) is 0 Å². The van der Waals surface area contributed by atoms with Gasteiger partial charge in [-0.05, 0) is 0 Å². The van der Waals surface area contributed by atoms with Crippen molar-refractivity contribution in [1.29, 1.82) is 0 Å². The first-order valence-electron chi connectivity index (χ1n) is 22.8. The second-order valence-corrected chi connectivity index (χ2v) is 17.1. The smallest absolute Gasteiger partial charge is 0.295 e. The van der Waals surface area contributed by atoms with E-state index >= 15 is 0 Å². The van der Waals surface area contributed by atoms with Crippen LogP contribution in [-0.4, -0.2) is 0 Å². The molecule has 0 saturated carbocycles. The van der Waals surface area contributed by atoms with Gasteiger partial charge in [0.05, 0.1) is 0 Å². The molecule has 0 fully saturated rings. The van der Waals surface area contributed by atoms with Gasteiger partial charge in [-0.1, -0.05) is 115 Å². The fraction of sp³-hybridized carbons (Fsp3) is 0.152. The zero-order valence-electron chi connectivity index (χ0n) is 41.7. The summed E-state index contributed by atoms with van der Waals surface area (Å²) in [6, 6.07) is 36.7. The van der Waals surface area contributed by atoms with Crippen molar-refractivity contribution >= 4 is 168 Å². The van der Waals surface area contributed by atoms with E-state index in [9.17, 15) is 0 Å². The normalized spacial score (nSPS) is 14.6. The van der Waals surface area contributed by atoms with Gasteiger partial charge in [0.2, 0.25) is 0 Å². The van der Waals surface area contributed by atoms with Crippen LogP contribution in [0.5, 0.6) is 0 Å². The van der Waals surface area contributed by atoms with Gasteiger partial charge in [-0.25, -0.2) is 0 Å². The summed E-state index contributed by atoms with van der Waals surface area (Å²) >= 11 is 0. The van der Waals surface area contributed by atoms with Crippen molar-refractivity contribution in [2.75, 3.05) is 0 Å². The van der Waals surface area contributed by atoms with Crippen molar-refractivity contribution in [2.45, 2.75) is 69.2 Å². The van der Waals surface area contributed by atoms with Gasteiger partial charge in [0.25, 0.3) is 0 Å². The van der Waals surface area contributed by atoms with Crippen molar-refractivity contribution in [1.82, 2.24) is 0 Å². The first-order chi connectivity index (χ1) is 32.3. The van der Waals surface area contributed by atoms with E-state index in [2.05, 4.69) is 158 Å². The predicted octanol–water partition coefficient (Wildman–Crippen LogP) is 9.98. The first kappa shape index (κ1) is 57.4. The molecule has 0 bridgehead atoms. The van der Waals surface area contributed by atoms with Crippen LogP contribution in [0.25, 0.3) is 168 Å². The molecule has 5 heteroatoms. The molecule has 0 saturated heterocycles. The summed E-state index contributed by atoms with van der Waals surface area (Å²) in [6.45, 7) is 20.2. The maximum absolute atomic E-state index is 3.65. The van der Waals surface area contributed by atoms with Crippen LogP contribution in [0.2, 0.25) is 0 Å². The van der Waals surface area contributed by atoms with E-state index < -0.39 is 0 Å². The van der Waals surface area contributed by atoms with E-state index in [0.29, 0.717) is 0 Å². The Morgan fingerprint density at radius 2 is 0.296 bits per heavy atom. The standard InChI is InChI=1S/C66H46.5Zr/c1-11-37-39(13-3)51-29-53-41(15-5)43(17-7)55-31-57-45(19-9)46(20-10)58-32-56-44(18-8)42(16-6)54-30-52-40(14-4)38(12-2)48-26-22-24-28-50(48)60(52)34-62(54)64(56)36-66(58)65(57)35-63(55)61(53)33-59(51)49-27-23-21-25-47(37)49;;;;;/h21-36H,1-10H3;;;;;/q-10;5*+2. The number of hydrogen-bond donors (Lipinski definition) is 0. The molecule has 0 unspecified atom stereocenters. The Hall–Kier alpha value is -2.86. The Labute approximate surface area is 511 Å². The van der Waals surface area contributed by atoms with Crippen molar-refractivity contribution < 1.29 is 131 Å². The summed E-state index contributed by atoms with van der Waals surface area (Å²) < 4.78 is 0. The third kappa shape index (κ3) is 8.49. The van der Waals surface area contributed by atoms with Crippen molar-refractivity contribution in [3.63, 3.8) is 0 Å². The Bertz CT molecular complexity index is 4440. The molecule has 0 spiro atoms. The van der Waals surface area contributed by atoms with Crippen LogP contribution in [-0.2, 0) is 131 Å². The fourth-order valence-corrected chi connectivity index (χ4v) is 11.7. The molecule has 0 amide bonds. The second-order valence-electron chi connectivity index (χ2n) is 17.1. The maximum atomic E-state index is 3.65. The van der Waals surface area contributed by atoms with Crippen LogP contribution in [0, 0.1) is 0 Å². The Balaban J connectivity index is 0.00000165. The molecule has 11 aromatic rings. The van der Waals surface area contributed by atoms with Gasteiger partial charge in [-0.15, -0.1) is 81.4 Å². The number of fused-ring (bicyclic) bond motifs is 15. The van der Waals surface area contributed by atoms with Gasteiger partial charge in [0.15, 0.2) is 0 Å². The van der Waals surface area contributed by atoms with Gasteiger partial charge in [-0.2, -0.15) is 78.1 Å². The Kier molecular flexibility index (Phi) is 18.6. The van der Waals surface area contributed by atoms with E-state index in [4.69, 9.17) is 0 Å². The predicted molar refractivity (Wildman–Crippen MR) is 289 cm³/mol. The van der Waals surface area contributed by atoms with Crippen LogP contribution >= 0.6 is 0 Å². The molecule has 0 heterocycles. The van der Waals surface area contributed by atoms with Gasteiger partial charge < -0.3 is 0 Å². The molecule has 0 aliphatic carbocycles. The molecule has 0 atom stereocenters. The van der Waals surface area contributed by atoms with Gasteiger partial charge in [0, 0.05) is 0 Å². The minimum atomic E-state index is 0. The molecule has 0 aromatic heterocycles. The molecular formula is C66H46Zr5. The van der Waals surface area contributed by atoms with Crippen LogP contribution in [0.1, 0.15) is 69.2 Å². The molecule has 11 aromatic carbocycles. The number of hydrogen-bond acceptors (Lipinski definition) is 0. The van der Waals surface area contributed by atoms with Crippen LogP contribution in [0.3, 0.4) is 0 Å². The van der Waals surface area contributed by atoms with Crippen molar-refractivity contribution in [3.05, 3.63) is 149 Å². The molecule has 0 aliphatic heterocycles. The average molecular weight is 1300 g/mol. The number of rotatable bonds is 0. The summed E-state index contributed by atoms with van der Waals surface area (Å²) in [5.41, 5.74) is 0. The summed E-state index contributed by atoms with van der Waals surface area (Å²) in [5.74, 6) is 0.